The van der Waals surface area contributed by atoms with Crippen LogP contribution in [0.25, 0.3) is 50.1 Å². The molecule has 58 heavy (non-hydrogen) atoms. The average molecular weight is 753 g/mol. The van der Waals surface area contributed by atoms with E-state index in [2.05, 4.69) is 249 Å². The molecule has 7 aromatic carbocycles. The molecule has 0 heterocycles. The lowest BCUT2D eigenvalue weighted by molar-refractivity contribution is 1.24. The van der Waals surface area contributed by atoms with E-state index >= 15 is 0 Å². The third-order valence-corrected chi connectivity index (χ3v) is 10.8. The lowest BCUT2D eigenvalue weighted by Crippen LogP contribution is -1.90. The smallest absolute Gasteiger partial charge is 0.00108 e. The van der Waals surface area contributed by atoms with E-state index in [1.54, 1.807) is 0 Å². The number of benzene rings is 7. The molecular formula is C58H56. The Balaban J connectivity index is 0.000000147. The first-order chi connectivity index (χ1) is 28.3. The van der Waals surface area contributed by atoms with Crippen LogP contribution in [0.4, 0.5) is 0 Å². The minimum absolute atomic E-state index is 1.05. The normalized spacial score (nSPS) is 12.4. The van der Waals surface area contributed by atoms with Gasteiger partial charge in [0.25, 0.3) is 0 Å². The van der Waals surface area contributed by atoms with Crippen LogP contribution in [0.5, 0.6) is 0 Å². The summed E-state index contributed by atoms with van der Waals surface area (Å²) < 4.78 is 0. The monoisotopic (exact) mass is 752 g/mol. The molecule has 1 aliphatic rings. The summed E-state index contributed by atoms with van der Waals surface area (Å²) in [6.07, 6.45) is 9.71. The van der Waals surface area contributed by atoms with Gasteiger partial charge in [-0.15, -0.1) is 0 Å². The number of fused-ring (bicyclic) bond motifs is 1. The van der Waals surface area contributed by atoms with Crippen LogP contribution in [0.1, 0.15) is 66.6 Å². The summed E-state index contributed by atoms with van der Waals surface area (Å²) in [7, 11) is 0. The third kappa shape index (κ3) is 10.3. The lowest BCUT2D eigenvalue weighted by Gasteiger charge is -2.10. The quantitative estimate of drug-likeness (QED) is 0.112. The largest absolute Gasteiger partial charge is 0.0874 e. The molecule has 0 N–H and O–H groups in total. The summed E-state index contributed by atoms with van der Waals surface area (Å²) in [6.45, 7) is 14.9. The van der Waals surface area contributed by atoms with Crippen LogP contribution in [0, 0.1) is 20.8 Å². The van der Waals surface area contributed by atoms with Gasteiger partial charge in [-0.05, 0) is 133 Å². The van der Waals surface area contributed by atoms with Gasteiger partial charge in [-0.3, -0.25) is 0 Å². The van der Waals surface area contributed by atoms with Gasteiger partial charge in [0.05, 0.1) is 0 Å². The van der Waals surface area contributed by atoms with Crippen molar-refractivity contribution in [2.24, 2.45) is 0 Å². The zero-order chi connectivity index (χ0) is 40.9. The maximum absolute atomic E-state index is 2.25. The molecule has 0 radical (unpaired) electrons. The number of rotatable bonds is 7. The number of allylic oxidation sites excluding steroid dienone is 8. The Labute approximate surface area is 348 Å². The summed E-state index contributed by atoms with van der Waals surface area (Å²) in [5.41, 5.74) is 22.6. The summed E-state index contributed by atoms with van der Waals surface area (Å²) in [5, 5.41) is 0. The predicted molar refractivity (Wildman–Crippen MR) is 255 cm³/mol. The van der Waals surface area contributed by atoms with E-state index in [-0.39, 0.29) is 0 Å². The van der Waals surface area contributed by atoms with Gasteiger partial charge in [-0.2, -0.15) is 0 Å². The molecule has 0 aromatic heterocycles. The summed E-state index contributed by atoms with van der Waals surface area (Å²) >= 11 is 0. The second-order valence-corrected chi connectivity index (χ2v) is 15.1. The van der Waals surface area contributed by atoms with E-state index in [0.29, 0.717) is 0 Å². The van der Waals surface area contributed by atoms with Crippen molar-refractivity contribution in [1.82, 2.24) is 0 Å². The van der Waals surface area contributed by atoms with E-state index in [4.69, 9.17) is 0 Å². The van der Waals surface area contributed by atoms with E-state index < -0.39 is 0 Å². The van der Waals surface area contributed by atoms with Crippen molar-refractivity contribution in [3.63, 3.8) is 0 Å². The highest BCUT2D eigenvalue weighted by Gasteiger charge is 2.20. The minimum atomic E-state index is 1.05. The van der Waals surface area contributed by atoms with Crippen LogP contribution >= 0.6 is 0 Å². The highest BCUT2D eigenvalue weighted by Crippen LogP contribution is 2.39. The maximum atomic E-state index is 2.25. The SMILES string of the molecule is C/C=C\C(=C(/C)c1ccc(C)cc1)c1ccccc1.C/C=C\C1=C(C)c2cccc(-c3ccc(C)cc3)c2C1.Cc1ccc(-c2ccccc2-c2ccccc2)cc1. The topological polar surface area (TPSA) is 0 Å². The Hall–Kier alpha value is -6.50. The average Bonchev–Trinajstić information content (AvgIpc) is 3.59. The van der Waals surface area contributed by atoms with Gasteiger partial charge < -0.3 is 0 Å². The number of aryl methyl sites for hydroxylation is 3. The predicted octanol–water partition coefficient (Wildman–Crippen LogP) is 16.4. The fourth-order valence-corrected chi connectivity index (χ4v) is 7.53. The van der Waals surface area contributed by atoms with Gasteiger partial charge in [-0.1, -0.05) is 217 Å². The molecule has 0 saturated carbocycles. The summed E-state index contributed by atoms with van der Waals surface area (Å²) in [5.74, 6) is 0. The van der Waals surface area contributed by atoms with Gasteiger partial charge in [0.1, 0.15) is 0 Å². The van der Waals surface area contributed by atoms with Crippen LogP contribution in [0.2, 0.25) is 0 Å². The van der Waals surface area contributed by atoms with Crippen molar-refractivity contribution in [2.75, 3.05) is 0 Å². The van der Waals surface area contributed by atoms with Crippen molar-refractivity contribution >= 4 is 16.7 Å². The van der Waals surface area contributed by atoms with Crippen molar-refractivity contribution in [1.29, 1.82) is 0 Å². The van der Waals surface area contributed by atoms with Crippen molar-refractivity contribution < 1.29 is 0 Å². The Kier molecular flexibility index (Phi) is 14.2. The van der Waals surface area contributed by atoms with E-state index in [9.17, 15) is 0 Å². The van der Waals surface area contributed by atoms with Gasteiger partial charge in [-0.25, -0.2) is 0 Å². The molecule has 1 aliphatic carbocycles. The first-order valence-corrected chi connectivity index (χ1v) is 20.5. The molecule has 0 heteroatoms. The molecule has 0 fully saturated rings. The van der Waals surface area contributed by atoms with E-state index in [1.807, 2.05) is 0 Å². The zero-order valence-corrected chi connectivity index (χ0v) is 35.3. The molecule has 0 spiro atoms. The molecule has 288 valence electrons. The van der Waals surface area contributed by atoms with E-state index in [1.165, 1.54) is 94.6 Å². The molecule has 0 amide bonds. The first-order valence-electron chi connectivity index (χ1n) is 20.5. The molecule has 8 rings (SSSR count). The number of hydrogen-bond donors (Lipinski definition) is 0. The van der Waals surface area contributed by atoms with Crippen LogP contribution in [-0.2, 0) is 6.42 Å². The van der Waals surface area contributed by atoms with E-state index in [0.717, 1.165) is 6.42 Å². The molecule has 7 aromatic rings. The van der Waals surface area contributed by atoms with Crippen molar-refractivity contribution in [3.8, 4) is 33.4 Å². The minimum Gasteiger partial charge on any atom is -0.0874 e. The van der Waals surface area contributed by atoms with Gasteiger partial charge in [0.2, 0.25) is 0 Å². The van der Waals surface area contributed by atoms with Gasteiger partial charge in [0, 0.05) is 0 Å². The molecular weight excluding hydrogens is 697 g/mol. The number of hydrogen-bond acceptors (Lipinski definition) is 0. The molecule has 0 unspecified atom stereocenters. The Morgan fingerprint density at radius 2 is 0.862 bits per heavy atom. The lowest BCUT2D eigenvalue weighted by atomic mass is 9.94. The Bertz CT molecular complexity index is 2520. The highest BCUT2D eigenvalue weighted by molar-refractivity contribution is 5.94. The molecule has 0 nitrogen and oxygen atoms in total. The van der Waals surface area contributed by atoms with Crippen LogP contribution < -0.4 is 0 Å². The van der Waals surface area contributed by atoms with Gasteiger partial charge >= 0.3 is 0 Å². The maximum Gasteiger partial charge on any atom is -0.00108 e. The Morgan fingerprint density at radius 3 is 1.40 bits per heavy atom. The first kappa shape index (κ1) is 41.1. The van der Waals surface area contributed by atoms with Crippen LogP contribution in [0.3, 0.4) is 0 Å². The standard InChI is InChI=1S/C20H20.C19H16.C19H20/c1-4-6-17-13-20-18(15(17)3)7-5-8-19(20)16-11-9-14(2)10-12-16;1-15-11-13-17(14-12-15)19-10-6-5-9-18(19)16-7-3-2-4-8-16;1-4-8-19(18-9-6-5-7-10-18)16(3)17-13-11-15(2)12-14-17/h4-12H,13H2,1-3H3;2-14H,1H3;4-14H,1-3H3/b6-4-;;8-4-,19-16-. The van der Waals surface area contributed by atoms with Crippen molar-refractivity contribution in [2.45, 2.75) is 54.9 Å². The van der Waals surface area contributed by atoms with Crippen LogP contribution in [-0.4, -0.2) is 0 Å². The Morgan fingerprint density at radius 1 is 0.414 bits per heavy atom. The highest BCUT2D eigenvalue weighted by atomic mass is 14.2. The fourth-order valence-electron chi connectivity index (χ4n) is 7.53. The second kappa shape index (κ2) is 20.1. The fraction of sp³-hybridized carbons (Fsp3) is 0.138. The third-order valence-electron chi connectivity index (χ3n) is 10.8. The molecule has 0 aliphatic heterocycles. The summed E-state index contributed by atoms with van der Waals surface area (Å²) in [4.78, 5) is 0. The second-order valence-electron chi connectivity index (χ2n) is 15.1. The van der Waals surface area contributed by atoms with Gasteiger partial charge in [0.15, 0.2) is 0 Å². The molecule has 0 saturated heterocycles. The summed E-state index contributed by atoms with van der Waals surface area (Å²) in [6, 6.07) is 62.6. The molecule has 0 bridgehead atoms. The molecule has 0 atom stereocenters. The van der Waals surface area contributed by atoms with Crippen LogP contribution in [0.15, 0.2) is 206 Å². The van der Waals surface area contributed by atoms with Crippen molar-refractivity contribution in [3.05, 3.63) is 245 Å². The zero-order valence-electron chi connectivity index (χ0n) is 35.3.